The number of quaternary nitrogens is 1. The van der Waals surface area contributed by atoms with E-state index in [0.29, 0.717) is 17.4 Å². The van der Waals surface area contributed by atoms with Gasteiger partial charge in [-0.05, 0) is 77.0 Å². The number of hydrogen-bond donors (Lipinski definition) is 1. The fourth-order valence-electron chi connectivity index (χ4n) is 10.9. The van der Waals surface area contributed by atoms with Crippen LogP contribution in [-0.2, 0) is 33.3 Å². The molecule has 0 aromatic heterocycles. The van der Waals surface area contributed by atoms with E-state index >= 15 is 0 Å². The van der Waals surface area contributed by atoms with Crippen molar-refractivity contribution >= 4 is 17.9 Å². The number of ether oxygens (including phenoxy) is 4. The lowest BCUT2D eigenvalue weighted by Gasteiger charge is -2.25. The quantitative estimate of drug-likeness (QED) is 0.0211. The number of rotatable bonds is 69. The summed E-state index contributed by atoms with van der Waals surface area (Å²) in [4.78, 5) is 37.6. The monoisotopic (exact) mass is 1200 g/mol. The fraction of sp³-hybridized carbons (Fsp3) is 0.855. The Bertz CT molecular complexity index is 1530. The predicted molar refractivity (Wildman–Crippen MR) is 364 cm³/mol. The zero-order valence-electron chi connectivity index (χ0n) is 57.0. The summed E-state index contributed by atoms with van der Waals surface area (Å²) in [5.74, 6) is -1.98. The SMILES string of the molecule is CCCCCCC/C=C\C/C=C\C/C=C\CCCCCCCCCCCCCCCCCCCCCCCCCCC(=O)OC(COC(=O)CCCCCCCCCCC/C=C\CCCCCCCCCC)COC(OCC[N+](C)(C)C)C(=O)O. The van der Waals surface area contributed by atoms with Gasteiger partial charge >= 0.3 is 17.9 Å². The van der Waals surface area contributed by atoms with Gasteiger partial charge in [0.15, 0.2) is 6.10 Å². The van der Waals surface area contributed by atoms with Gasteiger partial charge in [0.1, 0.15) is 13.2 Å². The standard InChI is InChI=1S/C76H141NO8/c1-6-8-10-12-14-16-18-20-22-24-26-28-29-30-31-32-33-34-35-36-37-38-39-40-41-42-43-44-45-47-49-51-53-55-57-59-61-63-65-67-74(79)85-72(71-84-76(75(80)81)82-69-68-77(3,4)5)70-83-73(78)66-64-62-60-58-56-54-52-50-48-46-27-25-23-21-19-17-15-13-11-9-7-2/h18,20,24-27,29-30,72,76H,6-17,19,21-23,28,31-71H2,1-5H3/p+1/b20-18-,26-24-,27-25-,30-29-. The number of carbonyl (C=O) groups excluding carboxylic acids is 2. The van der Waals surface area contributed by atoms with Gasteiger partial charge in [-0.25, -0.2) is 4.79 Å². The fourth-order valence-corrected chi connectivity index (χ4v) is 10.9. The van der Waals surface area contributed by atoms with Crippen molar-refractivity contribution in [2.45, 2.75) is 373 Å². The van der Waals surface area contributed by atoms with Crippen LogP contribution in [0.1, 0.15) is 361 Å². The lowest BCUT2D eigenvalue weighted by molar-refractivity contribution is -0.870. The Hall–Kier alpha value is -2.75. The van der Waals surface area contributed by atoms with E-state index in [2.05, 4.69) is 62.5 Å². The van der Waals surface area contributed by atoms with Crippen molar-refractivity contribution in [3.05, 3.63) is 48.6 Å². The van der Waals surface area contributed by atoms with Gasteiger partial charge in [-0.1, -0.05) is 319 Å². The van der Waals surface area contributed by atoms with Crippen molar-refractivity contribution in [3.8, 4) is 0 Å². The molecule has 0 heterocycles. The minimum Gasteiger partial charge on any atom is -0.477 e. The molecule has 9 nitrogen and oxygen atoms in total. The number of carbonyl (C=O) groups is 3. The Morgan fingerprint density at radius 3 is 0.953 bits per heavy atom. The molecule has 0 fully saturated rings. The number of likely N-dealkylation sites (N-methyl/N-ethyl adjacent to an activating group) is 1. The summed E-state index contributed by atoms with van der Waals surface area (Å²) in [6, 6.07) is 0. The molecule has 0 aromatic rings. The molecule has 1 N–H and O–H groups in total. The third kappa shape index (κ3) is 68.6. The van der Waals surface area contributed by atoms with E-state index in [4.69, 9.17) is 18.9 Å². The summed E-state index contributed by atoms with van der Waals surface area (Å²) in [5.41, 5.74) is 0. The molecule has 0 rings (SSSR count). The molecular weight excluding hydrogens is 1050 g/mol. The van der Waals surface area contributed by atoms with Crippen molar-refractivity contribution in [2.75, 3.05) is 47.5 Å². The highest BCUT2D eigenvalue weighted by Crippen LogP contribution is 2.19. The maximum Gasteiger partial charge on any atom is 0.361 e. The van der Waals surface area contributed by atoms with Crippen molar-refractivity contribution in [3.63, 3.8) is 0 Å². The highest BCUT2D eigenvalue weighted by molar-refractivity contribution is 5.71. The maximum absolute atomic E-state index is 12.9. The summed E-state index contributed by atoms with van der Waals surface area (Å²) in [6.45, 7) is 4.92. The van der Waals surface area contributed by atoms with Crippen LogP contribution in [0.4, 0.5) is 0 Å². The number of esters is 2. The Balaban J connectivity index is 3.98. The molecule has 0 aromatic carbocycles. The third-order valence-corrected chi connectivity index (χ3v) is 16.6. The summed E-state index contributed by atoms with van der Waals surface area (Å²) < 4.78 is 23.0. The second kappa shape index (κ2) is 67.2. The molecule has 0 saturated carbocycles. The molecule has 0 amide bonds. The Kier molecular flexibility index (Phi) is 65.0. The number of carboxylic acid groups (broad SMARTS) is 1. The summed E-state index contributed by atoms with van der Waals surface area (Å²) in [5, 5.41) is 9.75. The maximum atomic E-state index is 12.9. The van der Waals surface area contributed by atoms with E-state index in [-0.39, 0.29) is 38.2 Å². The normalized spacial score (nSPS) is 12.9. The van der Waals surface area contributed by atoms with Crippen LogP contribution >= 0.6 is 0 Å². The lowest BCUT2D eigenvalue weighted by Crippen LogP contribution is -2.40. The van der Waals surface area contributed by atoms with Crippen LogP contribution in [0.25, 0.3) is 0 Å². The molecule has 0 spiro atoms. The zero-order valence-corrected chi connectivity index (χ0v) is 57.0. The number of allylic oxidation sites excluding steroid dienone is 8. The largest absolute Gasteiger partial charge is 0.477 e. The molecule has 0 aliphatic rings. The van der Waals surface area contributed by atoms with Gasteiger partial charge in [-0.15, -0.1) is 0 Å². The zero-order chi connectivity index (χ0) is 61.9. The van der Waals surface area contributed by atoms with E-state index in [9.17, 15) is 19.5 Å². The van der Waals surface area contributed by atoms with Crippen LogP contribution in [0.15, 0.2) is 48.6 Å². The first kappa shape index (κ1) is 82.2. The van der Waals surface area contributed by atoms with E-state index in [1.54, 1.807) is 0 Å². The van der Waals surface area contributed by atoms with Crippen LogP contribution in [0.2, 0.25) is 0 Å². The molecule has 2 unspecified atom stereocenters. The highest BCUT2D eigenvalue weighted by atomic mass is 16.7. The first-order valence-electron chi connectivity index (χ1n) is 36.8. The number of hydrogen-bond acceptors (Lipinski definition) is 7. The van der Waals surface area contributed by atoms with E-state index < -0.39 is 18.4 Å². The van der Waals surface area contributed by atoms with Crippen LogP contribution in [-0.4, -0.2) is 87.4 Å². The van der Waals surface area contributed by atoms with Gasteiger partial charge in [-0.2, -0.15) is 0 Å². The molecule has 9 heteroatoms. The number of carboxylic acids is 1. The Morgan fingerprint density at radius 1 is 0.353 bits per heavy atom. The average Bonchev–Trinajstić information content (AvgIpc) is 3.49. The topological polar surface area (TPSA) is 108 Å². The lowest BCUT2D eigenvalue weighted by atomic mass is 10.0. The molecule has 0 saturated heterocycles. The highest BCUT2D eigenvalue weighted by Gasteiger charge is 2.25. The van der Waals surface area contributed by atoms with Gasteiger partial charge in [-0.3, -0.25) is 9.59 Å². The molecule has 0 aliphatic heterocycles. The van der Waals surface area contributed by atoms with Gasteiger partial charge in [0.2, 0.25) is 0 Å². The molecular formula is C76H142NO8+. The van der Waals surface area contributed by atoms with Crippen molar-refractivity contribution in [1.29, 1.82) is 0 Å². The van der Waals surface area contributed by atoms with Crippen LogP contribution < -0.4 is 0 Å². The van der Waals surface area contributed by atoms with Gasteiger partial charge in [0, 0.05) is 12.8 Å². The summed E-state index contributed by atoms with van der Waals surface area (Å²) in [7, 11) is 5.99. The number of aliphatic carboxylic acids is 1. The van der Waals surface area contributed by atoms with Crippen molar-refractivity contribution < 1.29 is 42.9 Å². The summed E-state index contributed by atoms with van der Waals surface area (Å²) >= 11 is 0. The Morgan fingerprint density at radius 2 is 0.635 bits per heavy atom. The molecule has 85 heavy (non-hydrogen) atoms. The van der Waals surface area contributed by atoms with Crippen molar-refractivity contribution in [1.82, 2.24) is 0 Å². The van der Waals surface area contributed by atoms with Gasteiger partial charge in [0.05, 0.1) is 34.4 Å². The minimum atomic E-state index is -1.51. The molecule has 498 valence electrons. The number of nitrogens with zero attached hydrogens (tertiary/aromatic N) is 1. The minimum absolute atomic E-state index is 0.179. The predicted octanol–water partition coefficient (Wildman–Crippen LogP) is 22.9. The van der Waals surface area contributed by atoms with Crippen LogP contribution in [0, 0.1) is 0 Å². The smallest absolute Gasteiger partial charge is 0.361 e. The first-order chi connectivity index (χ1) is 41.6. The second-order valence-corrected chi connectivity index (χ2v) is 26.3. The van der Waals surface area contributed by atoms with E-state index in [1.165, 1.54) is 283 Å². The average molecular weight is 1200 g/mol. The van der Waals surface area contributed by atoms with E-state index in [0.717, 1.165) is 51.4 Å². The van der Waals surface area contributed by atoms with Gasteiger partial charge in [0.25, 0.3) is 6.29 Å². The molecule has 2 atom stereocenters. The molecule has 0 radical (unpaired) electrons. The van der Waals surface area contributed by atoms with Crippen LogP contribution in [0.3, 0.4) is 0 Å². The first-order valence-corrected chi connectivity index (χ1v) is 36.8. The Labute approximate surface area is 527 Å². The van der Waals surface area contributed by atoms with Gasteiger partial charge < -0.3 is 28.5 Å². The molecule has 0 bridgehead atoms. The van der Waals surface area contributed by atoms with Crippen LogP contribution in [0.5, 0.6) is 0 Å². The van der Waals surface area contributed by atoms with E-state index in [1.807, 2.05) is 21.1 Å². The summed E-state index contributed by atoms with van der Waals surface area (Å²) in [6.07, 6.45) is 83.9. The molecule has 0 aliphatic carbocycles. The van der Waals surface area contributed by atoms with Crippen molar-refractivity contribution in [2.24, 2.45) is 0 Å². The third-order valence-electron chi connectivity index (χ3n) is 16.6. The number of unbranched alkanes of at least 4 members (excludes halogenated alkanes) is 46. The second-order valence-electron chi connectivity index (χ2n) is 26.3.